The second kappa shape index (κ2) is 7.60. The van der Waals surface area contributed by atoms with E-state index in [1.807, 2.05) is 0 Å². The molecule has 3 nitrogen and oxygen atoms in total. The Labute approximate surface area is 104 Å². The maximum absolute atomic E-state index is 5.37. The zero-order chi connectivity index (χ0) is 11.8. The Morgan fingerprint density at radius 1 is 1.50 bits per heavy atom. The van der Waals surface area contributed by atoms with Crippen LogP contribution < -0.4 is 11.2 Å². The average Bonchev–Trinajstić information content (AvgIpc) is 2.69. The third-order valence-electron chi connectivity index (χ3n) is 3.17. The van der Waals surface area contributed by atoms with E-state index in [0.717, 1.165) is 6.42 Å². The van der Waals surface area contributed by atoms with Crippen molar-refractivity contribution in [3.05, 3.63) is 0 Å². The first kappa shape index (κ1) is 13.4. The fourth-order valence-electron chi connectivity index (χ4n) is 2.30. The van der Waals surface area contributed by atoms with Gasteiger partial charge in [0.1, 0.15) is 0 Å². The van der Waals surface area contributed by atoms with Crippen LogP contribution >= 0.6 is 12.2 Å². The van der Waals surface area contributed by atoms with Gasteiger partial charge in [0, 0.05) is 5.71 Å². The lowest BCUT2D eigenvalue weighted by atomic mass is 9.98. The Balaban J connectivity index is 2.28. The van der Waals surface area contributed by atoms with Crippen molar-refractivity contribution in [1.82, 2.24) is 5.43 Å². The number of unbranched alkanes of at least 4 members (excludes halogenated alkanes) is 3. The van der Waals surface area contributed by atoms with Gasteiger partial charge in [-0.3, -0.25) is 5.43 Å². The van der Waals surface area contributed by atoms with E-state index < -0.39 is 0 Å². The molecule has 0 radical (unpaired) electrons. The van der Waals surface area contributed by atoms with Gasteiger partial charge in [0.05, 0.1) is 0 Å². The molecular weight excluding hydrogens is 218 g/mol. The Kier molecular flexibility index (Phi) is 6.38. The van der Waals surface area contributed by atoms with Crippen molar-refractivity contribution in [2.75, 3.05) is 0 Å². The van der Waals surface area contributed by atoms with Gasteiger partial charge in [-0.2, -0.15) is 5.10 Å². The largest absolute Gasteiger partial charge is 0.375 e. The van der Waals surface area contributed by atoms with E-state index in [4.69, 9.17) is 18.0 Å². The molecule has 1 rings (SSSR count). The number of nitrogens with zero attached hydrogens (tertiary/aromatic N) is 1. The highest BCUT2D eigenvalue weighted by Crippen LogP contribution is 2.27. The first-order valence-electron chi connectivity index (χ1n) is 6.36. The maximum atomic E-state index is 5.37. The standard InChI is InChI=1S/C12H23N3S/c1-2-3-4-5-7-10-8-6-9-11(10)14-15-12(13)16/h10H,2-9H2,1H3,(H3,13,15,16)/b14-11-. The van der Waals surface area contributed by atoms with Crippen LogP contribution in [0.15, 0.2) is 5.10 Å². The van der Waals surface area contributed by atoms with Gasteiger partial charge in [-0.05, 0) is 43.8 Å². The highest BCUT2D eigenvalue weighted by molar-refractivity contribution is 7.80. The summed E-state index contributed by atoms with van der Waals surface area (Å²) < 4.78 is 0. The summed E-state index contributed by atoms with van der Waals surface area (Å²) in [6.45, 7) is 2.24. The highest BCUT2D eigenvalue weighted by atomic mass is 32.1. The molecule has 1 aliphatic carbocycles. The first-order chi connectivity index (χ1) is 7.74. The molecule has 92 valence electrons. The molecule has 1 unspecified atom stereocenters. The molecule has 16 heavy (non-hydrogen) atoms. The summed E-state index contributed by atoms with van der Waals surface area (Å²) in [7, 11) is 0. The molecule has 0 amide bonds. The van der Waals surface area contributed by atoms with Crippen molar-refractivity contribution >= 4 is 23.0 Å². The second-order valence-electron chi connectivity index (χ2n) is 4.52. The third kappa shape index (κ3) is 4.92. The monoisotopic (exact) mass is 241 g/mol. The SMILES string of the molecule is CCCCCCC1CCC/C1=N/NC(N)=S. The molecule has 1 saturated carbocycles. The molecule has 1 atom stereocenters. The Morgan fingerprint density at radius 2 is 2.31 bits per heavy atom. The summed E-state index contributed by atoms with van der Waals surface area (Å²) in [5.41, 5.74) is 9.35. The fraction of sp³-hybridized carbons (Fsp3) is 0.833. The normalized spacial score (nSPS) is 22.6. The average molecular weight is 241 g/mol. The van der Waals surface area contributed by atoms with Gasteiger partial charge in [-0.15, -0.1) is 0 Å². The molecule has 0 aromatic rings. The van der Waals surface area contributed by atoms with Crippen LogP contribution in [0.4, 0.5) is 0 Å². The molecule has 3 N–H and O–H groups in total. The van der Waals surface area contributed by atoms with Crippen LogP contribution in [0.25, 0.3) is 0 Å². The Morgan fingerprint density at radius 3 is 3.00 bits per heavy atom. The van der Waals surface area contributed by atoms with Crippen LogP contribution in [-0.2, 0) is 0 Å². The van der Waals surface area contributed by atoms with Crippen molar-refractivity contribution in [3.8, 4) is 0 Å². The summed E-state index contributed by atoms with van der Waals surface area (Å²) in [5, 5.41) is 4.57. The van der Waals surface area contributed by atoms with Crippen molar-refractivity contribution in [3.63, 3.8) is 0 Å². The Hall–Kier alpha value is -0.640. The van der Waals surface area contributed by atoms with E-state index >= 15 is 0 Å². The van der Waals surface area contributed by atoms with Crippen LogP contribution in [-0.4, -0.2) is 10.8 Å². The number of hydrogen-bond acceptors (Lipinski definition) is 2. The second-order valence-corrected chi connectivity index (χ2v) is 4.96. The molecule has 4 heteroatoms. The summed E-state index contributed by atoms with van der Waals surface area (Å²) >= 11 is 4.75. The fourth-order valence-corrected chi connectivity index (χ4v) is 2.35. The van der Waals surface area contributed by atoms with Gasteiger partial charge in [0.25, 0.3) is 0 Å². The van der Waals surface area contributed by atoms with Crippen LogP contribution in [0.2, 0.25) is 0 Å². The van der Waals surface area contributed by atoms with Crippen LogP contribution in [0.5, 0.6) is 0 Å². The number of nitrogens with one attached hydrogen (secondary N) is 1. The molecular formula is C12H23N3S. The summed E-state index contributed by atoms with van der Waals surface area (Å²) in [5.74, 6) is 0.665. The van der Waals surface area contributed by atoms with E-state index in [1.54, 1.807) is 0 Å². The van der Waals surface area contributed by atoms with Crippen molar-refractivity contribution in [2.24, 2.45) is 16.8 Å². The van der Waals surface area contributed by atoms with Gasteiger partial charge >= 0.3 is 0 Å². The van der Waals surface area contributed by atoms with Crippen LogP contribution in [0.3, 0.4) is 0 Å². The van der Waals surface area contributed by atoms with Gasteiger partial charge in [0.15, 0.2) is 5.11 Å². The van der Waals surface area contributed by atoms with Crippen LogP contribution in [0.1, 0.15) is 58.3 Å². The molecule has 0 saturated heterocycles. The third-order valence-corrected chi connectivity index (χ3v) is 3.26. The van der Waals surface area contributed by atoms with Crippen molar-refractivity contribution in [2.45, 2.75) is 58.3 Å². The Bertz CT molecular complexity index is 251. The van der Waals surface area contributed by atoms with E-state index in [1.165, 1.54) is 50.7 Å². The zero-order valence-corrected chi connectivity index (χ0v) is 11.0. The number of hydrogen-bond donors (Lipinski definition) is 2. The van der Waals surface area contributed by atoms with Gasteiger partial charge in [-0.1, -0.05) is 32.6 Å². The maximum Gasteiger partial charge on any atom is 0.184 e. The molecule has 0 heterocycles. The molecule has 0 spiro atoms. The zero-order valence-electron chi connectivity index (χ0n) is 10.2. The van der Waals surface area contributed by atoms with Gasteiger partial charge in [0.2, 0.25) is 0 Å². The van der Waals surface area contributed by atoms with E-state index in [-0.39, 0.29) is 5.11 Å². The number of hydrazone groups is 1. The number of thiocarbonyl (C=S) groups is 1. The molecule has 1 aliphatic rings. The predicted molar refractivity (Wildman–Crippen MR) is 73.5 cm³/mol. The van der Waals surface area contributed by atoms with E-state index in [0.29, 0.717) is 5.92 Å². The summed E-state index contributed by atoms with van der Waals surface area (Å²) in [4.78, 5) is 0. The summed E-state index contributed by atoms with van der Waals surface area (Å²) in [6.07, 6.45) is 10.2. The predicted octanol–water partition coefficient (Wildman–Crippen LogP) is 2.95. The molecule has 0 aromatic heterocycles. The topological polar surface area (TPSA) is 50.4 Å². The lowest BCUT2D eigenvalue weighted by Gasteiger charge is -2.10. The summed E-state index contributed by atoms with van der Waals surface area (Å²) in [6, 6.07) is 0. The first-order valence-corrected chi connectivity index (χ1v) is 6.76. The van der Waals surface area contributed by atoms with Crippen LogP contribution in [0, 0.1) is 5.92 Å². The van der Waals surface area contributed by atoms with Gasteiger partial charge < -0.3 is 5.73 Å². The minimum atomic E-state index is 0.268. The van der Waals surface area contributed by atoms with E-state index in [2.05, 4.69) is 17.5 Å². The quantitative estimate of drug-likeness (QED) is 0.427. The van der Waals surface area contributed by atoms with E-state index in [9.17, 15) is 0 Å². The lowest BCUT2D eigenvalue weighted by Crippen LogP contribution is -2.26. The number of nitrogens with two attached hydrogens (primary N) is 1. The lowest BCUT2D eigenvalue weighted by molar-refractivity contribution is 0.543. The van der Waals surface area contributed by atoms with Crippen molar-refractivity contribution in [1.29, 1.82) is 0 Å². The highest BCUT2D eigenvalue weighted by Gasteiger charge is 2.21. The molecule has 0 aliphatic heterocycles. The minimum absolute atomic E-state index is 0.268. The smallest absolute Gasteiger partial charge is 0.184 e. The van der Waals surface area contributed by atoms with Crippen molar-refractivity contribution < 1.29 is 0 Å². The molecule has 0 bridgehead atoms. The van der Waals surface area contributed by atoms with Gasteiger partial charge in [-0.25, -0.2) is 0 Å². The molecule has 1 fully saturated rings. The molecule has 0 aromatic carbocycles. The number of rotatable bonds is 6. The minimum Gasteiger partial charge on any atom is -0.375 e.